The summed E-state index contributed by atoms with van der Waals surface area (Å²) in [7, 11) is 1.60. The molecule has 4 nitrogen and oxygen atoms in total. The molecule has 4 N–H and O–H groups in total. The second kappa shape index (κ2) is 6.10. The van der Waals surface area contributed by atoms with Crippen molar-refractivity contribution >= 4 is 23.0 Å². The Morgan fingerprint density at radius 1 is 1.15 bits per heavy atom. The van der Waals surface area contributed by atoms with Gasteiger partial charge in [-0.2, -0.15) is 0 Å². The SMILES string of the molecule is CCc1ccccc1Nc1ccc(C(=O)NC)cc1N. The molecule has 0 spiro atoms. The number of carbonyl (C=O) groups is 1. The second-order valence-electron chi connectivity index (χ2n) is 4.52. The molecular weight excluding hydrogens is 250 g/mol. The molecule has 20 heavy (non-hydrogen) atoms. The van der Waals surface area contributed by atoms with Gasteiger partial charge in [-0.15, -0.1) is 0 Å². The number of nitrogens with two attached hydrogens (primary N) is 1. The Labute approximate surface area is 119 Å². The third-order valence-corrected chi connectivity index (χ3v) is 3.21. The highest BCUT2D eigenvalue weighted by Gasteiger charge is 2.07. The van der Waals surface area contributed by atoms with E-state index < -0.39 is 0 Å². The van der Waals surface area contributed by atoms with Gasteiger partial charge in [0.15, 0.2) is 0 Å². The highest BCUT2D eigenvalue weighted by atomic mass is 16.1. The minimum absolute atomic E-state index is 0.141. The Morgan fingerprint density at radius 3 is 2.55 bits per heavy atom. The predicted octanol–water partition coefficient (Wildman–Crippen LogP) is 2.93. The average Bonchev–Trinajstić information content (AvgIpc) is 2.49. The van der Waals surface area contributed by atoms with Gasteiger partial charge in [0.1, 0.15) is 0 Å². The van der Waals surface area contributed by atoms with Crippen LogP contribution in [0.25, 0.3) is 0 Å². The summed E-state index contributed by atoms with van der Waals surface area (Å²) < 4.78 is 0. The highest BCUT2D eigenvalue weighted by molar-refractivity contribution is 5.96. The number of rotatable bonds is 4. The Balaban J connectivity index is 2.28. The molecule has 0 aliphatic rings. The summed E-state index contributed by atoms with van der Waals surface area (Å²) in [6, 6.07) is 13.4. The Kier molecular flexibility index (Phi) is 4.25. The lowest BCUT2D eigenvalue weighted by molar-refractivity contribution is 0.0963. The number of para-hydroxylation sites is 1. The first kappa shape index (κ1) is 13.9. The lowest BCUT2D eigenvalue weighted by Crippen LogP contribution is -2.18. The maximum absolute atomic E-state index is 11.5. The van der Waals surface area contributed by atoms with Crippen LogP contribution in [0.3, 0.4) is 0 Å². The van der Waals surface area contributed by atoms with Gasteiger partial charge in [0.2, 0.25) is 0 Å². The molecule has 0 unspecified atom stereocenters. The number of aryl methyl sites for hydroxylation is 1. The predicted molar refractivity (Wildman–Crippen MR) is 83.3 cm³/mol. The lowest BCUT2D eigenvalue weighted by Gasteiger charge is -2.13. The number of amides is 1. The van der Waals surface area contributed by atoms with Crippen LogP contribution in [0.1, 0.15) is 22.8 Å². The number of hydrogen-bond acceptors (Lipinski definition) is 3. The molecular formula is C16H19N3O. The lowest BCUT2D eigenvalue weighted by atomic mass is 10.1. The molecule has 104 valence electrons. The first-order valence-electron chi connectivity index (χ1n) is 6.62. The molecule has 0 fully saturated rings. The smallest absolute Gasteiger partial charge is 0.251 e. The minimum atomic E-state index is -0.141. The summed E-state index contributed by atoms with van der Waals surface area (Å²) >= 11 is 0. The quantitative estimate of drug-likeness (QED) is 0.748. The van der Waals surface area contributed by atoms with Gasteiger partial charge >= 0.3 is 0 Å². The van der Waals surface area contributed by atoms with Crippen molar-refractivity contribution in [2.45, 2.75) is 13.3 Å². The molecule has 0 atom stereocenters. The summed E-state index contributed by atoms with van der Waals surface area (Å²) in [5.74, 6) is -0.141. The first-order valence-corrected chi connectivity index (χ1v) is 6.62. The summed E-state index contributed by atoms with van der Waals surface area (Å²) in [5.41, 5.74) is 10.2. The van der Waals surface area contributed by atoms with E-state index in [-0.39, 0.29) is 5.91 Å². The zero-order valence-corrected chi connectivity index (χ0v) is 11.7. The van der Waals surface area contributed by atoms with Crippen molar-refractivity contribution < 1.29 is 4.79 Å². The van der Waals surface area contributed by atoms with Gasteiger partial charge in [-0.25, -0.2) is 0 Å². The van der Waals surface area contributed by atoms with Crippen LogP contribution in [0.4, 0.5) is 17.1 Å². The van der Waals surface area contributed by atoms with E-state index in [2.05, 4.69) is 23.6 Å². The van der Waals surface area contributed by atoms with Crippen LogP contribution in [0, 0.1) is 0 Å². The molecule has 1 amide bonds. The van der Waals surface area contributed by atoms with Crippen LogP contribution >= 0.6 is 0 Å². The van der Waals surface area contributed by atoms with Crippen LogP contribution < -0.4 is 16.4 Å². The molecule has 0 radical (unpaired) electrons. The largest absolute Gasteiger partial charge is 0.397 e. The molecule has 0 bridgehead atoms. The van der Waals surface area contributed by atoms with Crippen LogP contribution in [0.15, 0.2) is 42.5 Å². The van der Waals surface area contributed by atoms with Crippen molar-refractivity contribution in [3.63, 3.8) is 0 Å². The number of benzene rings is 2. The first-order chi connectivity index (χ1) is 9.65. The fraction of sp³-hybridized carbons (Fsp3) is 0.188. The summed E-state index contributed by atoms with van der Waals surface area (Å²) in [4.78, 5) is 11.5. The standard InChI is InChI=1S/C16H19N3O/c1-3-11-6-4-5-7-14(11)19-15-9-8-12(10-13(15)17)16(20)18-2/h4-10,19H,3,17H2,1-2H3,(H,18,20). The van der Waals surface area contributed by atoms with Crippen molar-refractivity contribution in [1.29, 1.82) is 0 Å². The maximum Gasteiger partial charge on any atom is 0.251 e. The summed E-state index contributed by atoms with van der Waals surface area (Å²) in [6.07, 6.45) is 0.944. The van der Waals surface area contributed by atoms with E-state index in [0.29, 0.717) is 11.3 Å². The van der Waals surface area contributed by atoms with Gasteiger partial charge in [-0.3, -0.25) is 4.79 Å². The summed E-state index contributed by atoms with van der Waals surface area (Å²) in [5, 5.41) is 5.90. The minimum Gasteiger partial charge on any atom is -0.397 e. The van der Waals surface area contributed by atoms with Gasteiger partial charge in [0.05, 0.1) is 11.4 Å². The highest BCUT2D eigenvalue weighted by Crippen LogP contribution is 2.26. The van der Waals surface area contributed by atoms with Crippen molar-refractivity contribution in [2.24, 2.45) is 0 Å². The Bertz CT molecular complexity index is 623. The van der Waals surface area contributed by atoms with E-state index in [9.17, 15) is 4.79 Å². The van der Waals surface area contributed by atoms with Gasteiger partial charge in [-0.1, -0.05) is 25.1 Å². The molecule has 0 saturated carbocycles. The maximum atomic E-state index is 11.5. The number of anilines is 3. The third-order valence-electron chi connectivity index (χ3n) is 3.21. The molecule has 2 rings (SSSR count). The Morgan fingerprint density at radius 2 is 1.90 bits per heavy atom. The van der Waals surface area contributed by atoms with E-state index in [1.54, 1.807) is 19.2 Å². The third kappa shape index (κ3) is 2.91. The van der Waals surface area contributed by atoms with E-state index in [1.165, 1.54) is 5.56 Å². The van der Waals surface area contributed by atoms with Crippen molar-refractivity contribution in [1.82, 2.24) is 5.32 Å². The van der Waals surface area contributed by atoms with Crippen molar-refractivity contribution in [3.8, 4) is 0 Å². The molecule has 2 aromatic rings. The molecule has 0 aromatic heterocycles. The number of nitrogen functional groups attached to an aromatic ring is 1. The van der Waals surface area contributed by atoms with Crippen LogP contribution in [0.2, 0.25) is 0 Å². The van der Waals surface area contributed by atoms with Crippen LogP contribution in [-0.2, 0) is 6.42 Å². The monoisotopic (exact) mass is 269 g/mol. The van der Waals surface area contributed by atoms with Crippen LogP contribution in [-0.4, -0.2) is 13.0 Å². The van der Waals surface area contributed by atoms with E-state index in [4.69, 9.17) is 5.73 Å². The zero-order chi connectivity index (χ0) is 14.5. The molecule has 0 aliphatic carbocycles. The van der Waals surface area contributed by atoms with Crippen LogP contribution in [0.5, 0.6) is 0 Å². The van der Waals surface area contributed by atoms with Gasteiger partial charge < -0.3 is 16.4 Å². The topological polar surface area (TPSA) is 67.2 Å². The number of nitrogens with one attached hydrogen (secondary N) is 2. The number of hydrogen-bond donors (Lipinski definition) is 3. The van der Waals surface area contributed by atoms with Gasteiger partial charge in [-0.05, 0) is 36.2 Å². The van der Waals surface area contributed by atoms with E-state index in [0.717, 1.165) is 17.8 Å². The van der Waals surface area contributed by atoms with E-state index >= 15 is 0 Å². The molecule has 4 heteroatoms. The molecule has 2 aromatic carbocycles. The molecule has 0 saturated heterocycles. The average molecular weight is 269 g/mol. The van der Waals surface area contributed by atoms with Gasteiger partial charge in [0, 0.05) is 18.3 Å². The van der Waals surface area contributed by atoms with Gasteiger partial charge in [0.25, 0.3) is 5.91 Å². The number of carbonyl (C=O) groups excluding carboxylic acids is 1. The zero-order valence-electron chi connectivity index (χ0n) is 11.7. The van der Waals surface area contributed by atoms with E-state index in [1.807, 2.05) is 24.3 Å². The van der Waals surface area contributed by atoms with Crippen molar-refractivity contribution in [2.75, 3.05) is 18.1 Å². The Hall–Kier alpha value is -2.49. The molecule has 0 heterocycles. The van der Waals surface area contributed by atoms with Crippen molar-refractivity contribution in [3.05, 3.63) is 53.6 Å². The summed E-state index contributed by atoms with van der Waals surface area (Å²) in [6.45, 7) is 2.11. The fourth-order valence-corrected chi connectivity index (χ4v) is 2.06. The fourth-order valence-electron chi connectivity index (χ4n) is 2.06. The second-order valence-corrected chi connectivity index (χ2v) is 4.52. The molecule has 0 aliphatic heterocycles. The normalized spacial score (nSPS) is 10.1.